The van der Waals surface area contributed by atoms with E-state index in [4.69, 9.17) is 4.42 Å². The Bertz CT molecular complexity index is 3260. The summed E-state index contributed by atoms with van der Waals surface area (Å²) >= 11 is 0. The van der Waals surface area contributed by atoms with E-state index in [0.29, 0.717) is 0 Å². The lowest BCUT2D eigenvalue weighted by Crippen LogP contribution is -2.11. The van der Waals surface area contributed by atoms with Crippen molar-refractivity contribution in [3.63, 3.8) is 0 Å². The van der Waals surface area contributed by atoms with Crippen molar-refractivity contribution in [1.82, 2.24) is 0 Å². The van der Waals surface area contributed by atoms with Gasteiger partial charge in [0.2, 0.25) is 0 Å². The van der Waals surface area contributed by atoms with E-state index in [0.717, 1.165) is 50.1 Å². The van der Waals surface area contributed by atoms with Crippen LogP contribution in [0.15, 0.2) is 229 Å². The highest BCUT2D eigenvalue weighted by molar-refractivity contribution is 6.19. The first-order valence-corrected chi connectivity index (χ1v) is 19.8. The van der Waals surface area contributed by atoms with E-state index < -0.39 is 0 Å². The Kier molecular flexibility index (Phi) is 8.19. The highest BCUT2D eigenvalue weighted by Gasteiger charge is 2.19. The molecule has 1 aromatic heterocycles. The van der Waals surface area contributed by atoms with Gasteiger partial charge in [-0.3, -0.25) is 0 Å². The minimum atomic E-state index is 0.890. The molecule has 0 atom stereocenters. The molecule has 0 unspecified atom stereocenters. The van der Waals surface area contributed by atoms with E-state index in [1.54, 1.807) is 0 Å². The summed E-state index contributed by atoms with van der Waals surface area (Å²) in [6.45, 7) is 0. The number of fused-ring (bicyclic) bond motifs is 6. The molecular formula is C56H37NO. The van der Waals surface area contributed by atoms with Crippen LogP contribution in [0.3, 0.4) is 0 Å². The van der Waals surface area contributed by atoms with E-state index in [-0.39, 0.29) is 0 Å². The first-order valence-electron chi connectivity index (χ1n) is 19.8. The third kappa shape index (κ3) is 5.91. The van der Waals surface area contributed by atoms with Crippen molar-refractivity contribution in [1.29, 1.82) is 0 Å². The molecular weight excluding hydrogens is 703 g/mol. The molecule has 0 aliphatic heterocycles. The second kappa shape index (κ2) is 14.1. The molecule has 11 rings (SSSR count). The zero-order valence-electron chi connectivity index (χ0n) is 31.7. The van der Waals surface area contributed by atoms with Crippen molar-refractivity contribution < 1.29 is 4.42 Å². The van der Waals surface area contributed by atoms with Gasteiger partial charge in [0.05, 0.1) is 5.69 Å². The number of benzene rings is 10. The molecule has 272 valence electrons. The number of nitrogens with zero attached hydrogens (tertiary/aromatic N) is 1. The predicted octanol–water partition coefficient (Wildman–Crippen LogP) is 16.0. The van der Waals surface area contributed by atoms with Crippen LogP contribution in [0.4, 0.5) is 17.1 Å². The topological polar surface area (TPSA) is 16.4 Å². The van der Waals surface area contributed by atoms with Crippen molar-refractivity contribution in [3.8, 4) is 44.5 Å². The quantitative estimate of drug-likeness (QED) is 0.162. The summed E-state index contributed by atoms with van der Waals surface area (Å²) in [7, 11) is 0. The zero-order chi connectivity index (χ0) is 38.4. The first-order chi connectivity index (χ1) is 28.7. The largest absolute Gasteiger partial charge is 0.456 e. The Labute approximate surface area is 337 Å². The standard InChI is InChI=1S/C56H37NO/c1-2-12-38(13-3-1)39-24-30-46(31-25-39)57(47-32-26-40(27-33-47)43-17-10-18-44(36-43)49-22-11-16-41-14-4-6-19-48(41)49)53-23-9-8-20-50(53)45-29-34-54-52(37-45)56-51-21-7-5-15-42(51)28-35-55(56)58-54/h1-37H. The maximum Gasteiger partial charge on any atom is 0.136 e. The highest BCUT2D eigenvalue weighted by Crippen LogP contribution is 2.44. The molecule has 0 radical (unpaired) electrons. The molecule has 0 saturated heterocycles. The van der Waals surface area contributed by atoms with Crippen LogP contribution in [-0.2, 0) is 0 Å². The minimum Gasteiger partial charge on any atom is -0.456 e. The van der Waals surface area contributed by atoms with Gasteiger partial charge in [-0.2, -0.15) is 0 Å². The summed E-state index contributed by atoms with van der Waals surface area (Å²) in [5.74, 6) is 0. The maximum atomic E-state index is 6.40. The van der Waals surface area contributed by atoms with Gasteiger partial charge in [-0.15, -0.1) is 0 Å². The monoisotopic (exact) mass is 739 g/mol. The average molecular weight is 740 g/mol. The van der Waals surface area contributed by atoms with Crippen LogP contribution in [0.2, 0.25) is 0 Å². The van der Waals surface area contributed by atoms with Crippen LogP contribution in [0.5, 0.6) is 0 Å². The molecule has 2 nitrogen and oxygen atoms in total. The molecule has 11 aromatic rings. The number of furan rings is 1. The molecule has 0 N–H and O–H groups in total. The predicted molar refractivity (Wildman–Crippen MR) is 245 cm³/mol. The summed E-state index contributed by atoms with van der Waals surface area (Å²) in [6.07, 6.45) is 0. The molecule has 10 aromatic carbocycles. The molecule has 58 heavy (non-hydrogen) atoms. The minimum absolute atomic E-state index is 0.890. The molecule has 0 aliphatic rings. The van der Waals surface area contributed by atoms with Gasteiger partial charge in [0.15, 0.2) is 0 Å². The highest BCUT2D eigenvalue weighted by atomic mass is 16.3. The first kappa shape index (κ1) is 33.6. The van der Waals surface area contributed by atoms with Gasteiger partial charge >= 0.3 is 0 Å². The van der Waals surface area contributed by atoms with Gasteiger partial charge in [-0.1, -0.05) is 170 Å². The van der Waals surface area contributed by atoms with Crippen molar-refractivity contribution in [2.45, 2.75) is 0 Å². The van der Waals surface area contributed by atoms with E-state index in [1.165, 1.54) is 54.9 Å². The molecule has 0 amide bonds. The third-order valence-corrected chi connectivity index (χ3v) is 11.5. The van der Waals surface area contributed by atoms with Gasteiger partial charge in [0.25, 0.3) is 0 Å². The van der Waals surface area contributed by atoms with Gasteiger partial charge in [0.1, 0.15) is 11.2 Å². The molecule has 2 heteroatoms. The lowest BCUT2D eigenvalue weighted by Gasteiger charge is -2.28. The van der Waals surface area contributed by atoms with Gasteiger partial charge in [-0.05, 0) is 115 Å². The zero-order valence-corrected chi connectivity index (χ0v) is 31.7. The van der Waals surface area contributed by atoms with Crippen LogP contribution in [0.1, 0.15) is 0 Å². The number of hydrogen-bond acceptors (Lipinski definition) is 2. The lowest BCUT2D eigenvalue weighted by atomic mass is 9.95. The molecule has 0 spiro atoms. The Balaban J connectivity index is 1.03. The van der Waals surface area contributed by atoms with Crippen molar-refractivity contribution >= 4 is 60.5 Å². The smallest absolute Gasteiger partial charge is 0.136 e. The summed E-state index contributed by atoms with van der Waals surface area (Å²) < 4.78 is 6.40. The molecule has 0 saturated carbocycles. The van der Waals surface area contributed by atoms with Gasteiger partial charge < -0.3 is 9.32 Å². The number of rotatable bonds is 7. The van der Waals surface area contributed by atoms with Gasteiger partial charge in [0, 0.05) is 27.7 Å². The summed E-state index contributed by atoms with van der Waals surface area (Å²) in [6, 6.07) is 80.7. The Morgan fingerprint density at radius 1 is 0.293 bits per heavy atom. The molecule has 0 aliphatic carbocycles. The third-order valence-electron chi connectivity index (χ3n) is 11.5. The van der Waals surface area contributed by atoms with Crippen LogP contribution in [-0.4, -0.2) is 0 Å². The van der Waals surface area contributed by atoms with E-state index in [9.17, 15) is 0 Å². The SMILES string of the molecule is c1ccc(-c2ccc(N(c3ccc(-c4cccc(-c5cccc6ccccc56)c4)cc3)c3ccccc3-c3ccc4oc5ccc6ccccc6c5c4c3)cc2)cc1. The van der Waals surface area contributed by atoms with Crippen molar-refractivity contribution in [3.05, 3.63) is 224 Å². The summed E-state index contributed by atoms with van der Waals surface area (Å²) in [5, 5.41) is 7.19. The van der Waals surface area contributed by atoms with Crippen LogP contribution in [0, 0.1) is 0 Å². The second-order valence-corrected chi connectivity index (χ2v) is 14.9. The second-order valence-electron chi connectivity index (χ2n) is 14.9. The molecule has 1 heterocycles. The summed E-state index contributed by atoms with van der Waals surface area (Å²) in [4.78, 5) is 2.38. The fourth-order valence-corrected chi connectivity index (χ4v) is 8.63. The molecule has 0 fully saturated rings. The Morgan fingerprint density at radius 2 is 0.810 bits per heavy atom. The van der Waals surface area contributed by atoms with Crippen molar-refractivity contribution in [2.75, 3.05) is 4.90 Å². The Morgan fingerprint density at radius 3 is 1.60 bits per heavy atom. The van der Waals surface area contributed by atoms with Crippen LogP contribution >= 0.6 is 0 Å². The lowest BCUT2D eigenvalue weighted by molar-refractivity contribution is 0.669. The van der Waals surface area contributed by atoms with Crippen LogP contribution < -0.4 is 4.90 Å². The van der Waals surface area contributed by atoms with Crippen molar-refractivity contribution in [2.24, 2.45) is 0 Å². The van der Waals surface area contributed by atoms with Crippen LogP contribution in [0.25, 0.3) is 88.0 Å². The van der Waals surface area contributed by atoms with E-state index in [1.807, 2.05) is 0 Å². The molecule has 0 bridgehead atoms. The number of para-hydroxylation sites is 1. The normalized spacial score (nSPS) is 11.4. The maximum absolute atomic E-state index is 6.40. The summed E-state index contributed by atoms with van der Waals surface area (Å²) in [5.41, 5.74) is 14.5. The number of anilines is 3. The fourth-order valence-electron chi connectivity index (χ4n) is 8.63. The van der Waals surface area contributed by atoms with E-state index >= 15 is 0 Å². The fraction of sp³-hybridized carbons (Fsp3) is 0. The van der Waals surface area contributed by atoms with Gasteiger partial charge in [-0.25, -0.2) is 0 Å². The average Bonchev–Trinajstić information content (AvgIpc) is 3.69. The number of hydrogen-bond donors (Lipinski definition) is 0. The van der Waals surface area contributed by atoms with E-state index in [2.05, 4.69) is 229 Å². The Hall–Kier alpha value is -7.68.